The molecule has 0 N–H and O–H groups in total. The first-order valence-corrected chi connectivity index (χ1v) is 3.37. The molecule has 2 saturated heterocycles. The molecule has 0 bridgehead atoms. The Kier molecular flexibility index (Phi) is 3.51. The van der Waals surface area contributed by atoms with Gasteiger partial charge in [-0.05, 0) is 6.42 Å². The number of hydrogen-bond acceptors (Lipinski definition) is 4. The normalized spacial score (nSPS) is 35.3. The fourth-order valence-corrected chi connectivity index (χ4v) is 1.45. The molecule has 4 nitrogen and oxygen atoms in total. The average Bonchev–Trinajstić information content (AvgIpc) is 2.07. The van der Waals surface area contributed by atoms with Crippen LogP contribution in [0.15, 0.2) is 0 Å². The third kappa shape index (κ3) is 1.69. The predicted molar refractivity (Wildman–Crippen MR) is 29.9 cm³/mol. The number of carbonyl (C=O) groups is 1. The molecule has 2 aliphatic rings. The third-order valence-electron chi connectivity index (χ3n) is 2.14. The Morgan fingerprint density at radius 2 is 2.36 bits per heavy atom. The average molecular weight is 181 g/mol. The monoisotopic (exact) mass is 181 g/mol. The van der Waals surface area contributed by atoms with E-state index in [1.165, 1.54) is 0 Å². The van der Waals surface area contributed by atoms with Crippen LogP contribution in [-0.2, 0) is 9.53 Å². The van der Waals surface area contributed by atoms with Gasteiger partial charge in [0.25, 0.3) is 0 Å². The molecule has 0 saturated carbocycles. The van der Waals surface area contributed by atoms with E-state index in [0.717, 1.165) is 13.0 Å². The summed E-state index contributed by atoms with van der Waals surface area (Å²) in [7, 11) is 0. The van der Waals surface area contributed by atoms with Gasteiger partial charge in [-0.15, -0.1) is 0 Å². The molecule has 56 valence electrons. The first-order valence-electron chi connectivity index (χ1n) is 3.37. The SMILES string of the molecule is O=C([O-])C1OCC2CCN21.[K+]. The van der Waals surface area contributed by atoms with E-state index in [-0.39, 0.29) is 51.4 Å². The Morgan fingerprint density at radius 3 is 2.64 bits per heavy atom. The van der Waals surface area contributed by atoms with Crippen LogP contribution in [0, 0.1) is 0 Å². The van der Waals surface area contributed by atoms with E-state index in [1.807, 2.05) is 4.90 Å². The fraction of sp³-hybridized carbons (Fsp3) is 0.833. The summed E-state index contributed by atoms with van der Waals surface area (Å²) in [4.78, 5) is 12.1. The van der Waals surface area contributed by atoms with E-state index in [0.29, 0.717) is 12.6 Å². The van der Waals surface area contributed by atoms with Gasteiger partial charge in [0.05, 0.1) is 12.6 Å². The van der Waals surface area contributed by atoms with Crippen molar-refractivity contribution in [2.75, 3.05) is 13.2 Å². The van der Waals surface area contributed by atoms with Crippen molar-refractivity contribution in [1.82, 2.24) is 4.90 Å². The van der Waals surface area contributed by atoms with Crippen LogP contribution < -0.4 is 56.5 Å². The summed E-state index contributed by atoms with van der Waals surface area (Å²) in [6.07, 6.45) is 0.294. The molecule has 5 heteroatoms. The van der Waals surface area contributed by atoms with Gasteiger partial charge in [-0.3, -0.25) is 4.90 Å². The molecule has 2 atom stereocenters. The van der Waals surface area contributed by atoms with Crippen LogP contribution in [0.4, 0.5) is 0 Å². The van der Waals surface area contributed by atoms with Gasteiger partial charge in [0.2, 0.25) is 0 Å². The summed E-state index contributed by atoms with van der Waals surface area (Å²) in [5, 5.41) is 10.3. The molecular weight excluding hydrogens is 173 g/mol. The zero-order chi connectivity index (χ0) is 7.14. The first kappa shape index (κ1) is 10.1. The van der Waals surface area contributed by atoms with Crippen molar-refractivity contribution in [1.29, 1.82) is 0 Å². The molecule has 0 radical (unpaired) electrons. The van der Waals surface area contributed by atoms with E-state index >= 15 is 0 Å². The van der Waals surface area contributed by atoms with Crippen LogP contribution in [0.5, 0.6) is 0 Å². The number of nitrogens with zero attached hydrogens (tertiary/aromatic N) is 1. The van der Waals surface area contributed by atoms with Gasteiger partial charge >= 0.3 is 51.4 Å². The van der Waals surface area contributed by atoms with Crippen molar-refractivity contribution in [3.8, 4) is 0 Å². The van der Waals surface area contributed by atoms with E-state index in [9.17, 15) is 9.90 Å². The quantitative estimate of drug-likeness (QED) is 0.381. The number of rotatable bonds is 1. The molecule has 2 aliphatic heterocycles. The van der Waals surface area contributed by atoms with E-state index < -0.39 is 12.2 Å². The maximum atomic E-state index is 10.3. The van der Waals surface area contributed by atoms with Gasteiger partial charge in [0.15, 0.2) is 6.23 Å². The predicted octanol–water partition coefficient (Wildman–Crippen LogP) is -4.83. The van der Waals surface area contributed by atoms with Gasteiger partial charge in [-0.2, -0.15) is 0 Å². The van der Waals surface area contributed by atoms with Gasteiger partial charge in [-0.25, -0.2) is 0 Å². The number of fused-ring (bicyclic) bond motifs is 1. The Hall–Kier alpha value is 1.03. The van der Waals surface area contributed by atoms with Crippen LogP contribution >= 0.6 is 0 Å². The third-order valence-corrected chi connectivity index (χ3v) is 2.14. The second-order valence-electron chi connectivity index (χ2n) is 2.69. The van der Waals surface area contributed by atoms with Crippen LogP contribution in [0.25, 0.3) is 0 Å². The van der Waals surface area contributed by atoms with E-state index in [2.05, 4.69) is 0 Å². The van der Waals surface area contributed by atoms with Gasteiger partial charge in [0.1, 0.15) is 0 Å². The maximum absolute atomic E-state index is 10.3. The van der Waals surface area contributed by atoms with E-state index in [4.69, 9.17) is 4.74 Å². The maximum Gasteiger partial charge on any atom is 1.00 e. The van der Waals surface area contributed by atoms with Crippen LogP contribution in [0.3, 0.4) is 0 Å². The van der Waals surface area contributed by atoms with Crippen molar-refractivity contribution in [3.05, 3.63) is 0 Å². The number of carboxylic acid groups (broad SMARTS) is 1. The summed E-state index contributed by atoms with van der Waals surface area (Å²) >= 11 is 0. The minimum atomic E-state index is -1.11. The summed E-state index contributed by atoms with van der Waals surface area (Å²) in [5.74, 6) is -1.11. The molecule has 0 amide bonds. The summed E-state index contributed by atoms with van der Waals surface area (Å²) < 4.78 is 4.97. The Morgan fingerprint density at radius 1 is 1.64 bits per heavy atom. The van der Waals surface area contributed by atoms with E-state index in [1.54, 1.807) is 0 Å². The summed E-state index contributed by atoms with van der Waals surface area (Å²) in [6.45, 7) is 1.39. The smallest absolute Gasteiger partial charge is 0.546 e. The molecule has 2 heterocycles. The van der Waals surface area contributed by atoms with Crippen molar-refractivity contribution in [2.24, 2.45) is 0 Å². The second-order valence-corrected chi connectivity index (χ2v) is 2.69. The van der Waals surface area contributed by atoms with Crippen molar-refractivity contribution in [2.45, 2.75) is 18.7 Å². The standard InChI is InChI=1S/C6H9NO3.K/c8-6(9)5-7-2-1-4(7)3-10-5;/h4-5H,1-3H2,(H,8,9);/q;+1/p-1. The number of carboxylic acids is 1. The van der Waals surface area contributed by atoms with Gasteiger partial charge in [0, 0.05) is 12.6 Å². The van der Waals surface area contributed by atoms with Gasteiger partial charge in [-0.1, -0.05) is 0 Å². The van der Waals surface area contributed by atoms with Crippen molar-refractivity contribution >= 4 is 5.97 Å². The Labute approximate surface area is 107 Å². The van der Waals surface area contributed by atoms with Crippen molar-refractivity contribution < 1.29 is 66.0 Å². The van der Waals surface area contributed by atoms with Crippen LogP contribution in [0.1, 0.15) is 6.42 Å². The molecule has 0 aromatic rings. The number of ether oxygens (including phenoxy) is 1. The molecular formula is C6H8KNO3. The first-order chi connectivity index (χ1) is 4.79. The minimum Gasteiger partial charge on any atom is -0.546 e. The number of hydrogen-bond donors (Lipinski definition) is 0. The molecule has 2 fully saturated rings. The molecule has 2 unspecified atom stereocenters. The molecule has 11 heavy (non-hydrogen) atoms. The second kappa shape index (κ2) is 3.82. The zero-order valence-electron chi connectivity index (χ0n) is 6.45. The molecule has 0 aromatic heterocycles. The van der Waals surface area contributed by atoms with Crippen LogP contribution in [0.2, 0.25) is 0 Å². The molecule has 2 rings (SSSR count). The Bertz CT molecular complexity index is 175. The van der Waals surface area contributed by atoms with Crippen molar-refractivity contribution in [3.63, 3.8) is 0 Å². The Balaban J connectivity index is 0.000000605. The number of carbonyl (C=O) groups excluding carboxylic acids is 1. The largest absolute Gasteiger partial charge is 1.00 e. The fourth-order valence-electron chi connectivity index (χ4n) is 1.45. The zero-order valence-corrected chi connectivity index (χ0v) is 9.57. The van der Waals surface area contributed by atoms with Crippen LogP contribution in [-0.4, -0.2) is 36.3 Å². The molecule has 0 spiro atoms. The summed E-state index contributed by atoms with van der Waals surface area (Å²) in [6, 6.07) is 0.350. The van der Waals surface area contributed by atoms with Gasteiger partial charge < -0.3 is 14.6 Å². The minimum absolute atomic E-state index is 0. The summed E-state index contributed by atoms with van der Waals surface area (Å²) in [5.41, 5.74) is 0. The number of aliphatic carboxylic acids is 1. The topological polar surface area (TPSA) is 52.6 Å². The molecule has 0 aliphatic carbocycles. The molecule has 0 aromatic carbocycles.